The lowest BCUT2D eigenvalue weighted by Crippen LogP contribution is -2.56. The van der Waals surface area contributed by atoms with Crippen LogP contribution in [-0.2, 0) is 8.85 Å². The van der Waals surface area contributed by atoms with Gasteiger partial charge in [-0.05, 0) is 39.5 Å². The van der Waals surface area contributed by atoms with Gasteiger partial charge in [-0.3, -0.25) is 0 Å². The van der Waals surface area contributed by atoms with Crippen molar-refractivity contribution in [1.82, 2.24) is 4.57 Å². The molecule has 0 saturated heterocycles. The van der Waals surface area contributed by atoms with Crippen LogP contribution in [-0.4, -0.2) is 41.3 Å². The van der Waals surface area contributed by atoms with Crippen molar-refractivity contribution in [2.75, 3.05) is 13.2 Å². The predicted molar refractivity (Wildman–Crippen MR) is 71.5 cm³/mol. The number of ether oxygens (including phenoxy) is 1. The number of carbonyl (C=O) groups excluding carboxylic acids is 1. The van der Waals surface area contributed by atoms with Crippen LogP contribution in [0.2, 0.25) is 26.2 Å². The molecule has 0 aliphatic carbocycles. The molecule has 0 bridgehead atoms. The molecule has 0 aliphatic rings. The van der Waals surface area contributed by atoms with E-state index in [-0.39, 0.29) is 6.09 Å². The number of rotatable bonds is 6. The Hall–Kier alpha value is -0.336. The monoisotopic (exact) mass is 263 g/mol. The molecule has 4 nitrogen and oxygen atoms in total. The fourth-order valence-electron chi connectivity index (χ4n) is 1.65. The maximum Gasteiger partial charge on any atom is 0.403 e. The van der Waals surface area contributed by atoms with Gasteiger partial charge in [0.2, 0.25) is 0 Å². The molecule has 0 atom stereocenters. The molecule has 0 N–H and O–H groups in total. The highest BCUT2D eigenvalue weighted by Gasteiger charge is 2.36. The summed E-state index contributed by atoms with van der Waals surface area (Å²) in [5, 5.41) is 0. The molecule has 1 amide bonds. The topological polar surface area (TPSA) is 38.8 Å². The average molecular weight is 263 g/mol. The van der Waals surface area contributed by atoms with Crippen LogP contribution in [0.1, 0.15) is 20.3 Å². The van der Waals surface area contributed by atoms with Crippen LogP contribution in [0, 0.1) is 0 Å². The van der Waals surface area contributed by atoms with E-state index in [1.807, 2.05) is 11.5 Å². The molecule has 0 heterocycles. The second-order valence-corrected chi connectivity index (χ2v) is 10.9. The minimum atomic E-state index is -2.10. The maximum absolute atomic E-state index is 11.8. The number of carbonyl (C=O) groups is 1. The van der Waals surface area contributed by atoms with Crippen molar-refractivity contribution in [1.29, 1.82) is 0 Å². The zero-order valence-corrected chi connectivity index (χ0v) is 13.5. The van der Waals surface area contributed by atoms with E-state index in [4.69, 9.17) is 8.85 Å². The fourth-order valence-corrected chi connectivity index (χ4v) is 8.04. The van der Waals surface area contributed by atoms with Gasteiger partial charge < -0.3 is 13.4 Å². The van der Waals surface area contributed by atoms with E-state index in [1.54, 1.807) is 0 Å². The van der Waals surface area contributed by atoms with Crippen molar-refractivity contribution in [3.8, 4) is 0 Å². The highest BCUT2D eigenvalue weighted by Crippen LogP contribution is 2.15. The molecule has 0 aliphatic heterocycles. The average Bonchev–Trinajstić information content (AvgIpc) is 2.11. The van der Waals surface area contributed by atoms with E-state index < -0.39 is 17.5 Å². The summed E-state index contributed by atoms with van der Waals surface area (Å²) in [6.45, 7) is 13.4. The number of hydrogen-bond acceptors (Lipinski definition) is 3. The van der Waals surface area contributed by atoms with Crippen molar-refractivity contribution >= 4 is 23.6 Å². The van der Waals surface area contributed by atoms with Gasteiger partial charge in [0.05, 0.1) is 6.61 Å². The Balaban J connectivity index is 4.66. The Morgan fingerprint density at radius 3 is 2.25 bits per heavy atom. The summed E-state index contributed by atoms with van der Waals surface area (Å²) in [4.78, 5) is 11.8. The van der Waals surface area contributed by atoms with Crippen LogP contribution in [0.15, 0.2) is 0 Å². The van der Waals surface area contributed by atoms with Crippen LogP contribution in [0.4, 0.5) is 4.79 Å². The van der Waals surface area contributed by atoms with Gasteiger partial charge in [0, 0.05) is 6.54 Å². The third-order valence-electron chi connectivity index (χ3n) is 2.11. The lowest BCUT2D eigenvalue weighted by Gasteiger charge is -2.36. The molecule has 0 spiro atoms. The number of amides is 1. The third kappa shape index (κ3) is 5.13. The molecule has 0 rings (SSSR count). The van der Waals surface area contributed by atoms with Crippen LogP contribution >= 0.6 is 0 Å². The van der Waals surface area contributed by atoms with E-state index in [0.717, 1.165) is 13.0 Å². The first-order chi connectivity index (χ1) is 7.35. The summed E-state index contributed by atoms with van der Waals surface area (Å²) in [6, 6.07) is 0. The standard InChI is InChI=1S/C10H25NO3Si2/c1-7-9-11(10(12)13-8-2)16(5,6)14-15(3)4/h15H,7-9H2,1-6H3. The lowest BCUT2D eigenvalue weighted by molar-refractivity contribution is 0.124. The molecular formula is C10H25NO3Si2. The molecule has 0 fully saturated rings. The fraction of sp³-hybridized carbons (Fsp3) is 0.900. The van der Waals surface area contributed by atoms with E-state index in [2.05, 4.69) is 33.1 Å². The molecule has 0 saturated carbocycles. The molecule has 0 radical (unpaired) electrons. The molecule has 0 aromatic carbocycles. The predicted octanol–water partition coefficient (Wildman–Crippen LogP) is 2.56. The van der Waals surface area contributed by atoms with Gasteiger partial charge in [-0.25, -0.2) is 4.79 Å². The SMILES string of the molecule is CCCN(C(=O)OCC)[Si](C)(C)O[SiH](C)C. The van der Waals surface area contributed by atoms with Crippen LogP contribution in [0.3, 0.4) is 0 Å². The molecule has 0 aromatic heterocycles. The Kier molecular flexibility index (Phi) is 6.93. The molecule has 0 unspecified atom stereocenters. The molecule has 16 heavy (non-hydrogen) atoms. The second kappa shape index (κ2) is 7.08. The van der Waals surface area contributed by atoms with E-state index in [9.17, 15) is 4.79 Å². The highest BCUT2D eigenvalue weighted by atomic mass is 28.4. The smallest absolute Gasteiger partial charge is 0.403 e. The van der Waals surface area contributed by atoms with Crippen molar-refractivity contribution < 1.29 is 13.6 Å². The van der Waals surface area contributed by atoms with Crippen molar-refractivity contribution in [3.63, 3.8) is 0 Å². The van der Waals surface area contributed by atoms with Gasteiger partial charge in [0.1, 0.15) is 0 Å². The van der Waals surface area contributed by atoms with Gasteiger partial charge in [0.15, 0.2) is 9.04 Å². The largest absolute Gasteiger partial charge is 0.450 e. The first kappa shape index (κ1) is 15.7. The molecular weight excluding hydrogens is 238 g/mol. The Bertz CT molecular complexity index is 222. The van der Waals surface area contributed by atoms with Gasteiger partial charge >= 0.3 is 6.09 Å². The summed E-state index contributed by atoms with van der Waals surface area (Å²) >= 11 is 0. The zero-order valence-electron chi connectivity index (χ0n) is 11.4. The van der Waals surface area contributed by atoms with Gasteiger partial charge in [0.25, 0.3) is 8.48 Å². The minimum Gasteiger partial charge on any atom is -0.450 e. The summed E-state index contributed by atoms with van der Waals surface area (Å²) in [7, 11) is -3.22. The first-order valence-electron chi connectivity index (χ1n) is 5.97. The van der Waals surface area contributed by atoms with E-state index >= 15 is 0 Å². The van der Waals surface area contributed by atoms with E-state index in [1.165, 1.54) is 0 Å². The summed E-state index contributed by atoms with van der Waals surface area (Å²) < 4.78 is 12.9. The molecule has 6 heteroatoms. The maximum atomic E-state index is 11.8. The van der Waals surface area contributed by atoms with Crippen molar-refractivity contribution in [2.24, 2.45) is 0 Å². The van der Waals surface area contributed by atoms with E-state index in [0.29, 0.717) is 6.61 Å². The first-order valence-corrected chi connectivity index (χ1v) is 11.6. The number of nitrogens with zero attached hydrogens (tertiary/aromatic N) is 1. The Morgan fingerprint density at radius 2 is 1.88 bits per heavy atom. The summed E-state index contributed by atoms with van der Waals surface area (Å²) in [6.07, 6.45) is 0.703. The second-order valence-electron chi connectivity index (χ2n) is 4.46. The number of hydrogen-bond donors (Lipinski definition) is 0. The van der Waals surface area contributed by atoms with Gasteiger partial charge in [-0.1, -0.05) is 6.92 Å². The van der Waals surface area contributed by atoms with Crippen LogP contribution < -0.4 is 0 Å². The highest BCUT2D eigenvalue weighted by molar-refractivity contribution is 6.77. The van der Waals surface area contributed by atoms with Crippen molar-refractivity contribution in [2.45, 2.75) is 46.5 Å². The van der Waals surface area contributed by atoms with Gasteiger partial charge in [-0.15, -0.1) is 0 Å². The summed E-state index contributed by atoms with van der Waals surface area (Å²) in [5.41, 5.74) is 0. The summed E-state index contributed by atoms with van der Waals surface area (Å²) in [5.74, 6) is 0. The van der Waals surface area contributed by atoms with Crippen molar-refractivity contribution in [3.05, 3.63) is 0 Å². The Morgan fingerprint density at radius 1 is 1.31 bits per heavy atom. The normalized spacial score (nSPS) is 11.7. The zero-order chi connectivity index (χ0) is 12.8. The Labute approximate surface area is 102 Å². The quantitative estimate of drug-likeness (QED) is 0.691. The van der Waals surface area contributed by atoms with Crippen LogP contribution in [0.5, 0.6) is 0 Å². The van der Waals surface area contributed by atoms with Crippen LogP contribution in [0.25, 0.3) is 0 Å². The van der Waals surface area contributed by atoms with Gasteiger partial charge in [-0.2, -0.15) is 0 Å². The molecule has 0 aromatic rings. The lowest BCUT2D eigenvalue weighted by atomic mass is 10.5. The molecule has 96 valence electrons. The third-order valence-corrected chi connectivity index (χ3v) is 8.01. The minimum absolute atomic E-state index is 0.226.